The third-order valence-electron chi connectivity index (χ3n) is 7.44. The molecule has 3 heterocycles. The minimum atomic E-state index is -0.720. The fraction of sp³-hybridized carbons (Fsp3) is 0.273. The van der Waals surface area contributed by atoms with Crippen molar-refractivity contribution in [3.8, 4) is 40.0 Å². The van der Waals surface area contributed by atoms with Crippen LogP contribution in [0.25, 0.3) is 28.2 Å². The van der Waals surface area contributed by atoms with E-state index in [0.29, 0.717) is 23.4 Å². The molecule has 1 aliphatic heterocycles. The first-order chi connectivity index (χ1) is 19.7. The van der Waals surface area contributed by atoms with Gasteiger partial charge in [-0.15, -0.1) is 0 Å². The highest BCUT2D eigenvalue weighted by Gasteiger charge is 2.30. The molecule has 41 heavy (non-hydrogen) atoms. The Morgan fingerprint density at radius 1 is 1.00 bits per heavy atom. The largest absolute Gasteiger partial charge is 0.528 e. The summed E-state index contributed by atoms with van der Waals surface area (Å²) in [6.07, 6.45) is 2.16. The van der Waals surface area contributed by atoms with Crippen molar-refractivity contribution < 1.29 is 14.4 Å². The summed E-state index contributed by atoms with van der Waals surface area (Å²) in [6, 6.07) is 21.6. The van der Waals surface area contributed by atoms with Gasteiger partial charge in [-0.1, -0.05) is 61.9 Å². The average molecular weight is 548 g/mol. The smallest absolute Gasteiger partial charge is 0.261 e. The molecule has 0 amide bonds. The second-order valence-electron chi connectivity index (χ2n) is 11.1. The third-order valence-corrected chi connectivity index (χ3v) is 7.44. The van der Waals surface area contributed by atoms with Gasteiger partial charge in [0.05, 0.1) is 11.4 Å². The van der Waals surface area contributed by atoms with Crippen molar-refractivity contribution in [2.45, 2.75) is 59.0 Å². The van der Waals surface area contributed by atoms with E-state index in [-0.39, 0.29) is 17.0 Å². The highest BCUT2D eigenvalue weighted by Crippen LogP contribution is 2.36. The van der Waals surface area contributed by atoms with Gasteiger partial charge in [-0.25, -0.2) is 9.97 Å². The highest BCUT2D eigenvalue weighted by atomic mass is 16.6. The van der Waals surface area contributed by atoms with E-state index in [4.69, 9.17) is 9.72 Å². The quantitative estimate of drug-likeness (QED) is 0.262. The molecule has 2 aromatic heterocycles. The molecular weight excluding hydrogens is 516 g/mol. The van der Waals surface area contributed by atoms with E-state index in [9.17, 15) is 9.90 Å². The van der Waals surface area contributed by atoms with Crippen LogP contribution < -0.4 is 15.4 Å². The summed E-state index contributed by atoms with van der Waals surface area (Å²) in [5.41, 5.74) is 6.70. The minimum Gasteiger partial charge on any atom is -0.528 e. The number of hydrogen-bond donors (Lipinski definition) is 0. The first-order valence-corrected chi connectivity index (χ1v) is 13.9. The molecular formula is C33H31N4O4-. The summed E-state index contributed by atoms with van der Waals surface area (Å²) in [5, 5.41) is 15.3. The number of benzene rings is 3. The van der Waals surface area contributed by atoms with Crippen molar-refractivity contribution in [1.82, 2.24) is 19.7 Å². The first-order valence-electron chi connectivity index (χ1n) is 13.9. The normalized spacial score (nSPS) is 13.7. The summed E-state index contributed by atoms with van der Waals surface area (Å²) in [6.45, 7) is 8.13. The van der Waals surface area contributed by atoms with E-state index in [1.807, 2.05) is 67.6 Å². The van der Waals surface area contributed by atoms with Crippen LogP contribution >= 0.6 is 0 Å². The maximum Gasteiger partial charge on any atom is 0.261 e. The van der Waals surface area contributed by atoms with E-state index in [1.165, 1.54) is 0 Å². The lowest BCUT2D eigenvalue weighted by Crippen LogP contribution is -2.28. The monoisotopic (exact) mass is 547 g/mol. The Balaban J connectivity index is 1.35. The van der Waals surface area contributed by atoms with Gasteiger partial charge in [-0.05, 0) is 62.1 Å². The van der Waals surface area contributed by atoms with Crippen molar-refractivity contribution in [2.24, 2.45) is 0 Å². The summed E-state index contributed by atoms with van der Waals surface area (Å²) in [7, 11) is 0. The molecule has 0 unspecified atom stereocenters. The Labute approximate surface area is 238 Å². The molecule has 0 N–H and O–H groups in total. The zero-order valence-electron chi connectivity index (χ0n) is 23.6. The number of aromatic nitrogens is 4. The van der Waals surface area contributed by atoms with Crippen molar-refractivity contribution >= 4 is 0 Å². The van der Waals surface area contributed by atoms with Crippen LogP contribution in [0.1, 0.15) is 55.4 Å². The molecule has 0 atom stereocenters. The highest BCUT2D eigenvalue weighted by molar-refractivity contribution is 5.80. The van der Waals surface area contributed by atoms with Gasteiger partial charge >= 0.3 is 0 Å². The van der Waals surface area contributed by atoms with Gasteiger partial charge in [-0.3, -0.25) is 9.36 Å². The van der Waals surface area contributed by atoms with Gasteiger partial charge in [0.1, 0.15) is 17.2 Å². The first kappa shape index (κ1) is 26.5. The maximum absolute atomic E-state index is 14.1. The Hall–Kier alpha value is -4.72. The summed E-state index contributed by atoms with van der Waals surface area (Å²) in [5.74, 6) is 1.80. The average Bonchev–Trinajstić information content (AvgIpc) is 3.52. The van der Waals surface area contributed by atoms with Gasteiger partial charge in [0, 0.05) is 29.5 Å². The molecule has 0 spiro atoms. The lowest BCUT2D eigenvalue weighted by molar-refractivity contribution is -0.303. The Kier molecular flexibility index (Phi) is 6.69. The molecule has 0 radical (unpaired) electrons. The number of rotatable bonds is 7. The topological polar surface area (TPSA) is 106 Å². The standard InChI is InChI=1S/C33H32N4O4/c1-5-8-28-27(31(38)37(20(2)34-28)24-15-16-29-23(18-24)19-33(3,4)40-29)17-21-11-13-22(14-12-21)25-9-6-7-10-26(25)30-35-32(39)41-36-30/h6-7,9-16,18H,5,8,17,19H2,1-4H3,(H,35,36,39)/p-1. The lowest BCUT2D eigenvalue weighted by Gasteiger charge is -2.16. The second-order valence-corrected chi connectivity index (χ2v) is 11.1. The molecule has 208 valence electrons. The number of aryl methyl sites for hydroxylation is 2. The Morgan fingerprint density at radius 2 is 1.76 bits per heavy atom. The van der Waals surface area contributed by atoms with Gasteiger partial charge in [0.25, 0.3) is 5.56 Å². The number of nitrogens with zero attached hydrogens (tertiary/aromatic N) is 4. The van der Waals surface area contributed by atoms with E-state index in [1.54, 1.807) is 4.57 Å². The van der Waals surface area contributed by atoms with Crippen LogP contribution in [-0.4, -0.2) is 25.3 Å². The molecule has 0 fully saturated rings. The van der Waals surface area contributed by atoms with Crippen molar-refractivity contribution in [1.29, 1.82) is 0 Å². The Morgan fingerprint density at radius 3 is 2.46 bits per heavy atom. The van der Waals surface area contributed by atoms with Crippen LogP contribution in [-0.2, 0) is 19.3 Å². The fourth-order valence-corrected chi connectivity index (χ4v) is 5.63. The van der Waals surface area contributed by atoms with Gasteiger partial charge < -0.3 is 14.4 Å². The van der Waals surface area contributed by atoms with E-state index < -0.39 is 6.08 Å². The van der Waals surface area contributed by atoms with Crippen LogP contribution in [0.2, 0.25) is 0 Å². The third kappa shape index (κ3) is 5.13. The SMILES string of the molecule is CCCc1nc(C)n(-c2ccc3c(c2)CC(C)(C)O3)c(=O)c1Cc1ccc(-c2ccccc2-c2noc([O-])n2)cc1. The maximum atomic E-state index is 14.1. The van der Waals surface area contributed by atoms with E-state index >= 15 is 0 Å². The molecule has 8 heteroatoms. The van der Waals surface area contributed by atoms with E-state index in [2.05, 4.69) is 41.5 Å². The van der Waals surface area contributed by atoms with Crippen LogP contribution in [0.4, 0.5) is 0 Å². The molecule has 0 aliphatic carbocycles. The van der Waals surface area contributed by atoms with Gasteiger partial charge in [-0.2, -0.15) is 5.16 Å². The van der Waals surface area contributed by atoms with Gasteiger partial charge in [0.2, 0.25) is 0 Å². The number of fused-ring (bicyclic) bond motifs is 1. The predicted octanol–water partition coefficient (Wildman–Crippen LogP) is 5.59. The van der Waals surface area contributed by atoms with Crippen LogP contribution in [0.5, 0.6) is 11.8 Å². The van der Waals surface area contributed by atoms with Crippen molar-refractivity contribution in [2.75, 3.05) is 0 Å². The van der Waals surface area contributed by atoms with Crippen LogP contribution in [0.15, 0.2) is 76.0 Å². The van der Waals surface area contributed by atoms with Crippen molar-refractivity contribution in [3.05, 3.63) is 105 Å². The van der Waals surface area contributed by atoms with Crippen LogP contribution in [0.3, 0.4) is 0 Å². The van der Waals surface area contributed by atoms with Crippen LogP contribution in [0, 0.1) is 6.92 Å². The number of ether oxygens (including phenoxy) is 1. The molecule has 1 aliphatic rings. The molecule has 0 saturated carbocycles. The molecule has 8 nitrogen and oxygen atoms in total. The minimum absolute atomic E-state index is 0.0426. The predicted molar refractivity (Wildman–Crippen MR) is 154 cm³/mol. The molecule has 0 bridgehead atoms. The summed E-state index contributed by atoms with van der Waals surface area (Å²) in [4.78, 5) is 22.8. The lowest BCUT2D eigenvalue weighted by atomic mass is 9.96. The zero-order chi connectivity index (χ0) is 28.7. The Bertz CT molecular complexity index is 1800. The second kappa shape index (κ2) is 10.4. The molecule has 6 rings (SSSR count). The summed E-state index contributed by atoms with van der Waals surface area (Å²) >= 11 is 0. The number of hydrogen-bond acceptors (Lipinski definition) is 7. The van der Waals surface area contributed by atoms with E-state index in [0.717, 1.165) is 58.6 Å². The zero-order valence-corrected chi connectivity index (χ0v) is 23.6. The summed E-state index contributed by atoms with van der Waals surface area (Å²) < 4.78 is 12.4. The molecule has 5 aromatic rings. The molecule has 3 aromatic carbocycles. The van der Waals surface area contributed by atoms with Crippen molar-refractivity contribution in [3.63, 3.8) is 0 Å². The van der Waals surface area contributed by atoms with Gasteiger partial charge in [0.15, 0.2) is 11.9 Å². The molecule has 0 saturated heterocycles. The fourth-order valence-electron chi connectivity index (χ4n) is 5.63.